The van der Waals surface area contributed by atoms with Crippen molar-refractivity contribution >= 4 is 11.6 Å². The van der Waals surface area contributed by atoms with Gasteiger partial charge < -0.3 is 10.1 Å². The van der Waals surface area contributed by atoms with Crippen molar-refractivity contribution in [3.8, 4) is 5.75 Å². The molecule has 1 unspecified atom stereocenters. The first-order chi connectivity index (χ1) is 10.0. The van der Waals surface area contributed by atoms with E-state index in [2.05, 4.69) is 11.4 Å². The highest BCUT2D eigenvalue weighted by atomic mass is 35.5. The Labute approximate surface area is 129 Å². The number of rotatable bonds is 5. The zero-order valence-corrected chi connectivity index (χ0v) is 13.2. The highest BCUT2D eigenvalue weighted by molar-refractivity contribution is 6.31. The summed E-state index contributed by atoms with van der Waals surface area (Å²) in [7, 11) is 3.52. The predicted molar refractivity (Wildman–Crippen MR) is 84.6 cm³/mol. The molecule has 0 amide bonds. The van der Waals surface area contributed by atoms with Crippen LogP contribution in [0.3, 0.4) is 0 Å². The van der Waals surface area contributed by atoms with Gasteiger partial charge in [0, 0.05) is 16.6 Å². The Morgan fingerprint density at radius 3 is 2.67 bits per heavy atom. The number of methoxy groups -OCH3 is 1. The van der Waals surface area contributed by atoms with Crippen LogP contribution in [-0.4, -0.2) is 14.2 Å². The average molecular weight is 308 g/mol. The maximum absolute atomic E-state index is 13.4. The highest BCUT2D eigenvalue weighted by Crippen LogP contribution is 2.30. The molecule has 2 aromatic carbocycles. The summed E-state index contributed by atoms with van der Waals surface area (Å²) in [5.74, 6) is 0.535. The van der Waals surface area contributed by atoms with Gasteiger partial charge in [-0.3, -0.25) is 0 Å². The van der Waals surface area contributed by atoms with Gasteiger partial charge >= 0.3 is 0 Å². The van der Waals surface area contributed by atoms with Crippen LogP contribution in [-0.2, 0) is 6.42 Å². The first-order valence-electron chi connectivity index (χ1n) is 6.81. The molecule has 2 nitrogen and oxygen atoms in total. The summed E-state index contributed by atoms with van der Waals surface area (Å²) >= 11 is 6.16. The fraction of sp³-hybridized carbons (Fsp3) is 0.294. The topological polar surface area (TPSA) is 21.3 Å². The van der Waals surface area contributed by atoms with Crippen LogP contribution < -0.4 is 10.1 Å². The van der Waals surface area contributed by atoms with E-state index in [-0.39, 0.29) is 11.9 Å². The average Bonchev–Trinajstić information content (AvgIpc) is 2.48. The van der Waals surface area contributed by atoms with E-state index in [0.29, 0.717) is 11.4 Å². The third-order valence-corrected chi connectivity index (χ3v) is 3.91. The summed E-state index contributed by atoms with van der Waals surface area (Å²) in [6.07, 6.45) is 0.590. The van der Waals surface area contributed by atoms with Gasteiger partial charge in [0.05, 0.1) is 7.11 Å². The molecule has 0 heterocycles. The van der Waals surface area contributed by atoms with E-state index in [4.69, 9.17) is 16.3 Å². The Bertz CT molecular complexity index is 630. The Balaban J connectivity index is 2.36. The largest absolute Gasteiger partial charge is 0.496 e. The molecule has 1 atom stereocenters. The number of benzene rings is 2. The van der Waals surface area contributed by atoms with Gasteiger partial charge in [0.1, 0.15) is 11.6 Å². The van der Waals surface area contributed by atoms with Crippen molar-refractivity contribution in [1.29, 1.82) is 0 Å². The standard InChI is InChI=1S/C17H19ClFNO/c1-11-4-7-17(21-3)14(8-11)16(20-2)10-12-9-13(19)5-6-15(12)18/h4-9,16,20H,10H2,1-3H3. The monoisotopic (exact) mass is 307 g/mol. The van der Waals surface area contributed by atoms with Crippen molar-refractivity contribution in [3.63, 3.8) is 0 Å². The van der Waals surface area contributed by atoms with Crippen LogP contribution in [0.15, 0.2) is 36.4 Å². The number of hydrogen-bond acceptors (Lipinski definition) is 2. The molecule has 4 heteroatoms. The Morgan fingerprint density at radius 2 is 2.00 bits per heavy atom. The fourth-order valence-corrected chi connectivity index (χ4v) is 2.61. The lowest BCUT2D eigenvalue weighted by Gasteiger charge is -2.20. The number of ether oxygens (including phenoxy) is 1. The highest BCUT2D eigenvalue weighted by Gasteiger charge is 2.17. The molecule has 0 spiro atoms. The summed E-state index contributed by atoms with van der Waals surface area (Å²) in [5, 5.41) is 3.83. The number of hydrogen-bond donors (Lipinski definition) is 1. The summed E-state index contributed by atoms with van der Waals surface area (Å²) in [4.78, 5) is 0. The fourth-order valence-electron chi connectivity index (χ4n) is 2.41. The first kappa shape index (κ1) is 15.8. The van der Waals surface area contributed by atoms with Crippen LogP contribution in [0.1, 0.15) is 22.7 Å². The minimum atomic E-state index is -0.277. The van der Waals surface area contributed by atoms with Crippen molar-refractivity contribution in [2.45, 2.75) is 19.4 Å². The van der Waals surface area contributed by atoms with E-state index in [1.165, 1.54) is 12.1 Å². The van der Waals surface area contributed by atoms with Crippen LogP contribution >= 0.6 is 11.6 Å². The van der Waals surface area contributed by atoms with Gasteiger partial charge in [-0.2, -0.15) is 0 Å². The molecule has 2 rings (SSSR count). The normalized spacial score (nSPS) is 12.2. The molecule has 0 aliphatic rings. The van der Waals surface area contributed by atoms with Gasteiger partial charge in [-0.1, -0.05) is 29.3 Å². The second kappa shape index (κ2) is 6.92. The van der Waals surface area contributed by atoms with Gasteiger partial charge in [-0.05, 0) is 50.2 Å². The van der Waals surface area contributed by atoms with E-state index >= 15 is 0 Å². The molecular weight excluding hydrogens is 289 g/mol. The van der Waals surface area contributed by atoms with Crippen LogP contribution in [0.4, 0.5) is 4.39 Å². The first-order valence-corrected chi connectivity index (χ1v) is 7.18. The third kappa shape index (κ3) is 3.74. The molecular formula is C17H19ClFNO. The smallest absolute Gasteiger partial charge is 0.123 e. The molecule has 0 bridgehead atoms. The Kier molecular flexibility index (Phi) is 5.21. The second-order valence-electron chi connectivity index (χ2n) is 5.03. The van der Waals surface area contributed by atoms with Crippen LogP contribution in [0.2, 0.25) is 5.02 Å². The third-order valence-electron chi connectivity index (χ3n) is 3.54. The van der Waals surface area contributed by atoms with Crippen LogP contribution in [0, 0.1) is 12.7 Å². The molecule has 0 fully saturated rings. The van der Waals surface area contributed by atoms with Crippen LogP contribution in [0.5, 0.6) is 5.75 Å². The lowest BCUT2D eigenvalue weighted by molar-refractivity contribution is 0.401. The summed E-state index contributed by atoms with van der Waals surface area (Å²) in [6, 6.07) is 10.5. The van der Waals surface area contributed by atoms with E-state index < -0.39 is 0 Å². The number of halogens is 2. The molecule has 0 radical (unpaired) electrons. The van der Waals surface area contributed by atoms with Gasteiger partial charge in [0.15, 0.2) is 0 Å². The SMILES string of the molecule is CNC(Cc1cc(F)ccc1Cl)c1cc(C)ccc1OC. The summed E-state index contributed by atoms with van der Waals surface area (Å²) in [6.45, 7) is 2.03. The molecule has 1 N–H and O–H groups in total. The molecule has 0 saturated carbocycles. The van der Waals surface area contributed by atoms with Crippen molar-refractivity contribution in [1.82, 2.24) is 5.32 Å². The van der Waals surface area contributed by atoms with Crippen molar-refractivity contribution in [3.05, 3.63) is 63.9 Å². The number of aryl methyl sites for hydroxylation is 1. The van der Waals surface area contributed by atoms with Crippen molar-refractivity contribution in [2.75, 3.05) is 14.2 Å². The minimum absolute atomic E-state index is 0.000787. The maximum Gasteiger partial charge on any atom is 0.123 e. The van der Waals surface area contributed by atoms with Crippen LogP contribution in [0.25, 0.3) is 0 Å². The quantitative estimate of drug-likeness (QED) is 0.889. The molecule has 0 aliphatic carbocycles. The zero-order chi connectivity index (χ0) is 15.4. The van der Waals surface area contributed by atoms with E-state index in [1.54, 1.807) is 13.2 Å². The van der Waals surface area contributed by atoms with E-state index in [9.17, 15) is 4.39 Å². The van der Waals surface area contributed by atoms with Gasteiger partial charge in [-0.15, -0.1) is 0 Å². The van der Waals surface area contributed by atoms with Gasteiger partial charge in [0.2, 0.25) is 0 Å². The lowest BCUT2D eigenvalue weighted by Crippen LogP contribution is -2.20. The maximum atomic E-state index is 13.4. The summed E-state index contributed by atoms with van der Waals surface area (Å²) in [5.41, 5.74) is 2.97. The Morgan fingerprint density at radius 1 is 1.24 bits per heavy atom. The molecule has 0 aromatic heterocycles. The Hall–Kier alpha value is -1.58. The van der Waals surface area contributed by atoms with Crippen molar-refractivity contribution in [2.24, 2.45) is 0 Å². The molecule has 112 valence electrons. The van der Waals surface area contributed by atoms with Gasteiger partial charge in [-0.25, -0.2) is 4.39 Å². The lowest BCUT2D eigenvalue weighted by atomic mass is 9.96. The zero-order valence-electron chi connectivity index (χ0n) is 12.4. The molecule has 0 aliphatic heterocycles. The van der Waals surface area contributed by atoms with Crippen molar-refractivity contribution < 1.29 is 9.13 Å². The predicted octanol–water partition coefficient (Wildman–Crippen LogP) is 4.30. The number of likely N-dealkylation sites (N-methyl/N-ethyl adjacent to an activating group) is 1. The minimum Gasteiger partial charge on any atom is -0.496 e. The van der Waals surface area contributed by atoms with E-state index in [1.807, 2.05) is 26.1 Å². The molecule has 21 heavy (non-hydrogen) atoms. The summed E-state index contributed by atoms with van der Waals surface area (Å²) < 4.78 is 18.8. The van der Waals surface area contributed by atoms with E-state index in [0.717, 1.165) is 22.4 Å². The van der Waals surface area contributed by atoms with Gasteiger partial charge in [0.25, 0.3) is 0 Å². The number of nitrogens with one attached hydrogen (secondary N) is 1. The second-order valence-corrected chi connectivity index (χ2v) is 5.43. The molecule has 0 saturated heterocycles. The molecule has 2 aromatic rings.